The molecule has 0 fully saturated rings. The minimum absolute atomic E-state index is 0.0549. The largest absolute Gasteiger partial charge is 0.369 e. The zero-order chi connectivity index (χ0) is 16.4. The van der Waals surface area contributed by atoms with Gasteiger partial charge in [0.2, 0.25) is 5.91 Å². The van der Waals surface area contributed by atoms with Crippen molar-refractivity contribution in [3.63, 3.8) is 0 Å². The molecule has 0 unspecified atom stereocenters. The van der Waals surface area contributed by atoms with E-state index in [0.29, 0.717) is 27.0 Å². The Balaban J connectivity index is 2.46. The van der Waals surface area contributed by atoms with Crippen LogP contribution in [0.1, 0.15) is 5.56 Å². The van der Waals surface area contributed by atoms with Crippen molar-refractivity contribution in [2.24, 2.45) is 5.73 Å². The Morgan fingerprint density at radius 3 is 2.05 bits per heavy atom. The lowest BCUT2D eigenvalue weighted by Gasteiger charge is -2.14. The Morgan fingerprint density at radius 2 is 1.50 bits per heavy atom. The molecular weight excluding hydrogens is 389 g/mol. The molecule has 0 aliphatic rings. The predicted molar refractivity (Wildman–Crippen MR) is 94.1 cm³/mol. The zero-order valence-corrected chi connectivity index (χ0v) is 14.7. The van der Waals surface area contributed by atoms with Gasteiger partial charge in [-0.15, -0.1) is 0 Å². The lowest BCUT2D eigenvalue weighted by Crippen LogP contribution is -2.14. The van der Waals surface area contributed by atoms with E-state index in [-0.39, 0.29) is 21.5 Å². The van der Waals surface area contributed by atoms with Gasteiger partial charge >= 0.3 is 0 Å². The Bertz CT molecular complexity index is 728. The Hall–Kier alpha value is -0.840. The molecule has 0 spiro atoms. The van der Waals surface area contributed by atoms with Gasteiger partial charge < -0.3 is 11.1 Å². The first-order chi connectivity index (χ1) is 10.3. The van der Waals surface area contributed by atoms with Crippen molar-refractivity contribution in [1.29, 1.82) is 0 Å². The molecule has 0 aliphatic heterocycles. The molecule has 3 N–H and O–H groups in total. The van der Waals surface area contributed by atoms with E-state index in [4.69, 9.17) is 63.7 Å². The van der Waals surface area contributed by atoms with E-state index in [1.807, 2.05) is 0 Å². The summed E-state index contributed by atoms with van der Waals surface area (Å²) in [5.74, 6) is -0.531. The fourth-order valence-electron chi connectivity index (χ4n) is 1.85. The summed E-state index contributed by atoms with van der Waals surface area (Å²) in [4.78, 5) is 11.1. The Morgan fingerprint density at radius 1 is 0.909 bits per heavy atom. The highest BCUT2D eigenvalue weighted by Gasteiger charge is 2.16. The van der Waals surface area contributed by atoms with Crippen LogP contribution in [0.15, 0.2) is 24.3 Å². The third-order valence-corrected chi connectivity index (χ3v) is 4.56. The van der Waals surface area contributed by atoms with Crippen LogP contribution >= 0.6 is 58.0 Å². The van der Waals surface area contributed by atoms with Crippen LogP contribution < -0.4 is 11.1 Å². The molecule has 22 heavy (non-hydrogen) atoms. The molecule has 116 valence electrons. The number of rotatable bonds is 4. The molecule has 2 rings (SSSR count). The summed E-state index contributed by atoms with van der Waals surface area (Å²) in [5, 5.41) is 4.51. The van der Waals surface area contributed by atoms with Crippen molar-refractivity contribution in [2.75, 3.05) is 5.32 Å². The summed E-state index contributed by atoms with van der Waals surface area (Å²) >= 11 is 30.2. The number of nitrogens with one attached hydrogen (secondary N) is 1. The molecule has 0 saturated heterocycles. The van der Waals surface area contributed by atoms with E-state index in [1.165, 1.54) is 0 Å². The van der Waals surface area contributed by atoms with Gasteiger partial charge in [0.05, 0.1) is 27.2 Å². The van der Waals surface area contributed by atoms with Gasteiger partial charge in [-0.1, -0.05) is 58.0 Å². The molecule has 0 bridgehead atoms. The molecule has 0 saturated carbocycles. The molecule has 0 aromatic heterocycles. The number of nitrogens with two attached hydrogens (primary N) is 1. The lowest BCUT2D eigenvalue weighted by molar-refractivity contribution is -0.117. The molecule has 0 atom stereocenters. The summed E-state index contributed by atoms with van der Waals surface area (Å²) in [6.07, 6.45) is -0.0549. The van der Waals surface area contributed by atoms with Crippen LogP contribution in [0.2, 0.25) is 25.1 Å². The van der Waals surface area contributed by atoms with Crippen LogP contribution in [0.3, 0.4) is 0 Å². The van der Waals surface area contributed by atoms with Crippen molar-refractivity contribution in [3.8, 4) is 0 Å². The topological polar surface area (TPSA) is 55.1 Å². The highest BCUT2D eigenvalue weighted by molar-refractivity contribution is 6.49. The number of anilines is 2. The number of carbonyl (C=O) groups excluding carboxylic acids is 1. The Labute approximate surface area is 152 Å². The fourth-order valence-corrected chi connectivity index (χ4v) is 3.06. The number of carbonyl (C=O) groups is 1. The standard InChI is InChI=1S/C14H9Cl5N2O/c15-7-3-8(16)5-9(4-7)21-10-1-6(2-11(20)22)12(17)14(19)13(10)18/h1,3-5,21H,2H2,(H2,20,22). The monoisotopic (exact) mass is 396 g/mol. The quantitative estimate of drug-likeness (QED) is 0.647. The first kappa shape index (κ1) is 17.5. The number of primary amides is 1. The molecule has 1 amide bonds. The number of hydrogen-bond acceptors (Lipinski definition) is 2. The average molecular weight is 399 g/mol. The van der Waals surface area contributed by atoms with Crippen LogP contribution in [-0.4, -0.2) is 5.91 Å². The molecule has 2 aromatic carbocycles. The second-order valence-electron chi connectivity index (χ2n) is 4.45. The van der Waals surface area contributed by atoms with Crippen molar-refractivity contribution < 1.29 is 4.79 Å². The van der Waals surface area contributed by atoms with E-state index in [2.05, 4.69) is 5.32 Å². The lowest BCUT2D eigenvalue weighted by atomic mass is 10.1. The summed E-state index contributed by atoms with van der Waals surface area (Å²) in [7, 11) is 0. The van der Waals surface area contributed by atoms with E-state index in [1.54, 1.807) is 24.3 Å². The predicted octanol–water partition coefficient (Wildman–Crippen LogP) is 5.73. The van der Waals surface area contributed by atoms with Gasteiger partial charge in [-0.05, 0) is 29.8 Å². The second kappa shape index (κ2) is 7.16. The molecule has 2 aromatic rings. The highest BCUT2D eigenvalue weighted by atomic mass is 35.5. The van der Waals surface area contributed by atoms with Crippen molar-refractivity contribution >= 4 is 75.3 Å². The third kappa shape index (κ3) is 4.12. The van der Waals surface area contributed by atoms with Gasteiger partial charge in [0, 0.05) is 15.7 Å². The second-order valence-corrected chi connectivity index (χ2v) is 6.46. The maximum absolute atomic E-state index is 11.1. The van der Waals surface area contributed by atoms with Crippen LogP contribution in [-0.2, 0) is 11.2 Å². The molecule has 8 heteroatoms. The molecule has 3 nitrogen and oxygen atoms in total. The number of benzene rings is 2. The van der Waals surface area contributed by atoms with Gasteiger partial charge in [-0.25, -0.2) is 0 Å². The van der Waals surface area contributed by atoms with Crippen LogP contribution in [0.4, 0.5) is 11.4 Å². The minimum Gasteiger partial charge on any atom is -0.369 e. The number of amides is 1. The van der Waals surface area contributed by atoms with Crippen molar-refractivity contribution in [1.82, 2.24) is 0 Å². The first-order valence-electron chi connectivity index (χ1n) is 5.95. The number of hydrogen-bond donors (Lipinski definition) is 2. The van der Waals surface area contributed by atoms with Crippen LogP contribution in [0.25, 0.3) is 0 Å². The van der Waals surface area contributed by atoms with Crippen molar-refractivity contribution in [3.05, 3.63) is 54.9 Å². The van der Waals surface area contributed by atoms with Gasteiger partial charge in [-0.3, -0.25) is 4.79 Å². The summed E-state index contributed by atoms with van der Waals surface area (Å²) in [6, 6.07) is 6.54. The smallest absolute Gasteiger partial charge is 0.221 e. The van der Waals surface area contributed by atoms with Gasteiger partial charge in [-0.2, -0.15) is 0 Å². The highest BCUT2D eigenvalue weighted by Crippen LogP contribution is 2.40. The summed E-state index contributed by atoms with van der Waals surface area (Å²) in [5.41, 5.74) is 6.74. The molecule has 0 radical (unpaired) electrons. The van der Waals surface area contributed by atoms with Crippen LogP contribution in [0.5, 0.6) is 0 Å². The summed E-state index contributed by atoms with van der Waals surface area (Å²) < 4.78 is 0. The third-order valence-electron chi connectivity index (χ3n) is 2.73. The minimum atomic E-state index is -0.531. The first-order valence-corrected chi connectivity index (χ1v) is 7.84. The fraction of sp³-hybridized carbons (Fsp3) is 0.0714. The Kier molecular flexibility index (Phi) is 5.70. The van der Waals surface area contributed by atoms with Gasteiger partial charge in [0.15, 0.2) is 0 Å². The van der Waals surface area contributed by atoms with E-state index < -0.39 is 5.91 Å². The van der Waals surface area contributed by atoms with E-state index in [9.17, 15) is 4.79 Å². The normalized spacial score (nSPS) is 10.6. The molecular formula is C14H9Cl5N2O. The molecule has 0 aliphatic carbocycles. The van der Waals surface area contributed by atoms with E-state index >= 15 is 0 Å². The average Bonchev–Trinajstić information content (AvgIpc) is 2.40. The van der Waals surface area contributed by atoms with Gasteiger partial charge in [0.1, 0.15) is 0 Å². The van der Waals surface area contributed by atoms with Crippen molar-refractivity contribution in [2.45, 2.75) is 6.42 Å². The SMILES string of the molecule is NC(=O)Cc1cc(Nc2cc(Cl)cc(Cl)c2)c(Cl)c(Cl)c1Cl. The zero-order valence-electron chi connectivity index (χ0n) is 10.9. The maximum atomic E-state index is 11.1. The summed E-state index contributed by atoms with van der Waals surface area (Å²) in [6.45, 7) is 0. The van der Waals surface area contributed by atoms with Gasteiger partial charge in [0.25, 0.3) is 0 Å². The maximum Gasteiger partial charge on any atom is 0.221 e. The van der Waals surface area contributed by atoms with Crippen LogP contribution in [0, 0.1) is 0 Å². The number of halogens is 5. The molecule has 0 heterocycles. The van der Waals surface area contributed by atoms with E-state index in [0.717, 1.165) is 0 Å².